The summed E-state index contributed by atoms with van der Waals surface area (Å²) in [6.45, 7) is 30.3. The molecule has 0 spiro atoms. The molecule has 0 aliphatic rings. The van der Waals surface area contributed by atoms with Gasteiger partial charge in [0.2, 0.25) is 0 Å². The number of rotatable bonds is 32. The first kappa shape index (κ1) is 51.2. The van der Waals surface area contributed by atoms with Crippen molar-refractivity contribution in [3.05, 3.63) is 0 Å². The van der Waals surface area contributed by atoms with Crippen LogP contribution in [0, 0.1) is 0 Å². The van der Waals surface area contributed by atoms with Crippen LogP contribution in [0.1, 0.15) is 209 Å². The minimum atomic E-state index is -5.17. The summed E-state index contributed by atoms with van der Waals surface area (Å²) < 4.78 is 37.0. The Morgan fingerprint density at radius 2 is 0.404 bits per heavy atom. The minimum absolute atomic E-state index is 1.36. The fourth-order valence-electron chi connectivity index (χ4n) is 6.92. The van der Waals surface area contributed by atoms with Gasteiger partial charge in [0, 0.05) is 10.4 Å². The third-order valence-electron chi connectivity index (χ3n) is 9.89. The maximum atomic E-state index is 8.52. The number of hydrogen-bond acceptors (Lipinski definition) is 4. The van der Waals surface area contributed by atoms with E-state index < -0.39 is 10.4 Å². The predicted octanol–water partition coefficient (Wildman–Crippen LogP) is 11.8. The molecular weight excluding hydrogens is 605 g/mol. The molecule has 0 heterocycles. The molecule has 0 unspecified atom stereocenters. The Labute approximate surface area is 298 Å². The monoisotopic (exact) mass is 693 g/mol. The summed E-state index contributed by atoms with van der Waals surface area (Å²) in [5.74, 6) is 0. The summed E-state index contributed by atoms with van der Waals surface area (Å²) in [5.41, 5.74) is 0. The molecule has 0 rings (SSSR count). The van der Waals surface area contributed by atoms with E-state index in [0.717, 1.165) is 0 Å². The van der Waals surface area contributed by atoms with E-state index in [0.29, 0.717) is 0 Å². The molecule has 0 aliphatic carbocycles. The van der Waals surface area contributed by atoms with Crippen molar-refractivity contribution in [1.29, 1.82) is 0 Å². The van der Waals surface area contributed by atoms with Gasteiger partial charge in [-0.15, -0.1) is 0 Å². The molecule has 0 saturated heterocycles. The van der Waals surface area contributed by atoms with Crippen LogP contribution in [-0.2, 0) is 10.4 Å². The van der Waals surface area contributed by atoms with Crippen LogP contribution in [0.15, 0.2) is 0 Å². The molecule has 0 aliphatic heterocycles. The number of unbranched alkanes of at least 4 members (excludes halogenated alkanes) is 16. The average Bonchev–Trinajstić information content (AvgIpc) is 3.02. The van der Waals surface area contributed by atoms with Crippen molar-refractivity contribution in [2.75, 3.05) is 52.4 Å². The lowest BCUT2D eigenvalue weighted by molar-refractivity contribution is -0.929. The summed E-state index contributed by atoms with van der Waals surface area (Å²) in [7, 11) is -5.17. The van der Waals surface area contributed by atoms with E-state index in [1.807, 2.05) is 0 Å². The smallest absolute Gasteiger partial charge is 0.0786 e. The van der Waals surface area contributed by atoms with E-state index >= 15 is 0 Å². The van der Waals surface area contributed by atoms with Gasteiger partial charge in [-0.05, 0) is 103 Å². The van der Waals surface area contributed by atoms with Crippen LogP contribution in [0.2, 0.25) is 0 Å². The third kappa shape index (κ3) is 38.4. The molecule has 6 nitrogen and oxygen atoms in total. The van der Waals surface area contributed by atoms with Crippen LogP contribution in [0.4, 0.5) is 0 Å². The summed E-state index contributed by atoms with van der Waals surface area (Å²) in [4.78, 5) is 0. The van der Waals surface area contributed by atoms with Crippen molar-refractivity contribution in [2.24, 2.45) is 0 Å². The second-order valence-corrected chi connectivity index (χ2v) is 15.4. The molecular formula is C40H88N2O4S. The van der Waals surface area contributed by atoms with E-state index in [-0.39, 0.29) is 0 Å². The summed E-state index contributed by atoms with van der Waals surface area (Å²) in [6.07, 6.45) is 33.8. The normalized spacial score (nSPS) is 12.0. The molecule has 0 aromatic carbocycles. The standard InChI is InChI=1S/2C20H44N.H2O4S/c2*1-5-9-13-17-21(18-14-10-6-2,19-15-11-7-3)20-16-12-8-4;1-5(2,3)4/h2*5-20H2,1-4H3;(H2,1,2,3,4)/q2*+1;/p-2. The fourth-order valence-corrected chi connectivity index (χ4v) is 6.92. The molecule has 47 heavy (non-hydrogen) atoms. The zero-order valence-corrected chi connectivity index (χ0v) is 34.4. The maximum absolute atomic E-state index is 8.52. The first-order valence-corrected chi connectivity index (χ1v) is 22.2. The Bertz CT molecular complexity index is 559. The first-order valence-electron chi connectivity index (χ1n) is 20.9. The van der Waals surface area contributed by atoms with Gasteiger partial charge in [0.15, 0.2) is 0 Å². The quantitative estimate of drug-likeness (QED) is 0.0304. The van der Waals surface area contributed by atoms with Crippen molar-refractivity contribution >= 4 is 10.4 Å². The van der Waals surface area contributed by atoms with Gasteiger partial charge in [-0.1, -0.05) is 107 Å². The lowest BCUT2D eigenvalue weighted by Gasteiger charge is -2.39. The van der Waals surface area contributed by atoms with Gasteiger partial charge in [-0.3, -0.25) is 8.42 Å². The number of nitrogens with zero attached hydrogens (tertiary/aromatic N) is 2. The molecule has 0 bridgehead atoms. The van der Waals surface area contributed by atoms with Gasteiger partial charge in [-0.2, -0.15) is 0 Å². The second-order valence-electron chi connectivity index (χ2n) is 14.5. The molecule has 0 aromatic rings. The molecule has 0 aromatic heterocycles. The average molecular weight is 693 g/mol. The number of hydrogen-bond donors (Lipinski definition) is 0. The highest BCUT2D eigenvalue weighted by Crippen LogP contribution is 2.20. The molecule has 0 fully saturated rings. The highest BCUT2D eigenvalue weighted by molar-refractivity contribution is 7.79. The highest BCUT2D eigenvalue weighted by Gasteiger charge is 2.26. The van der Waals surface area contributed by atoms with Crippen molar-refractivity contribution in [1.82, 2.24) is 0 Å². The number of quaternary nitrogens is 2. The SMILES string of the molecule is CCCCC[N+](CCCCC)(CCCCC)CCCCC.CCCCC[N+](CCCCC)(CCCCC)CCCCC.O=S(=O)([O-])[O-]. The predicted molar refractivity (Wildman–Crippen MR) is 206 cm³/mol. The Morgan fingerprint density at radius 1 is 0.298 bits per heavy atom. The molecule has 7 heteroatoms. The van der Waals surface area contributed by atoms with Crippen LogP contribution in [0.25, 0.3) is 0 Å². The van der Waals surface area contributed by atoms with Crippen LogP contribution in [0.5, 0.6) is 0 Å². The zero-order valence-electron chi connectivity index (χ0n) is 33.6. The molecule has 0 N–H and O–H groups in total. The molecule has 0 atom stereocenters. The Balaban J connectivity index is -0.000000719. The van der Waals surface area contributed by atoms with Gasteiger partial charge in [0.1, 0.15) is 0 Å². The van der Waals surface area contributed by atoms with Gasteiger partial charge >= 0.3 is 0 Å². The zero-order chi connectivity index (χ0) is 36.1. The summed E-state index contributed by atoms with van der Waals surface area (Å²) in [6, 6.07) is 0. The Kier molecular flexibility index (Phi) is 40.3. The lowest BCUT2D eigenvalue weighted by atomic mass is 10.1. The van der Waals surface area contributed by atoms with Crippen LogP contribution in [-0.4, -0.2) is 78.8 Å². The first-order chi connectivity index (χ1) is 22.5. The second kappa shape index (κ2) is 37.1. The Hall–Kier alpha value is -0.210. The van der Waals surface area contributed by atoms with Crippen molar-refractivity contribution in [3.63, 3.8) is 0 Å². The summed E-state index contributed by atoms with van der Waals surface area (Å²) in [5, 5.41) is 0. The molecule has 288 valence electrons. The largest absolute Gasteiger partial charge is 0.759 e. The van der Waals surface area contributed by atoms with Gasteiger partial charge in [0.05, 0.1) is 52.4 Å². The Morgan fingerprint density at radius 3 is 0.489 bits per heavy atom. The van der Waals surface area contributed by atoms with Crippen LogP contribution in [0.3, 0.4) is 0 Å². The van der Waals surface area contributed by atoms with Gasteiger partial charge < -0.3 is 18.1 Å². The minimum Gasteiger partial charge on any atom is -0.759 e. The maximum Gasteiger partial charge on any atom is 0.0786 e. The van der Waals surface area contributed by atoms with E-state index in [9.17, 15) is 0 Å². The molecule has 0 saturated carbocycles. The van der Waals surface area contributed by atoms with Gasteiger partial charge in [0.25, 0.3) is 0 Å². The van der Waals surface area contributed by atoms with Crippen molar-refractivity contribution < 1.29 is 26.5 Å². The van der Waals surface area contributed by atoms with E-state index in [4.69, 9.17) is 17.5 Å². The third-order valence-corrected chi connectivity index (χ3v) is 9.89. The highest BCUT2D eigenvalue weighted by atomic mass is 32.3. The van der Waals surface area contributed by atoms with E-state index in [1.54, 1.807) is 0 Å². The molecule has 0 radical (unpaired) electrons. The topological polar surface area (TPSA) is 80.3 Å². The van der Waals surface area contributed by atoms with E-state index in [1.165, 1.54) is 215 Å². The van der Waals surface area contributed by atoms with Crippen molar-refractivity contribution in [3.8, 4) is 0 Å². The van der Waals surface area contributed by atoms with Gasteiger partial charge in [-0.25, -0.2) is 0 Å². The van der Waals surface area contributed by atoms with Crippen molar-refractivity contribution in [2.45, 2.75) is 209 Å². The fraction of sp³-hybridized carbons (Fsp3) is 1.00. The molecule has 0 amide bonds. The van der Waals surface area contributed by atoms with E-state index in [2.05, 4.69) is 55.4 Å². The summed E-state index contributed by atoms with van der Waals surface area (Å²) >= 11 is 0. The van der Waals surface area contributed by atoms with Crippen LogP contribution < -0.4 is 0 Å². The lowest BCUT2D eigenvalue weighted by Crippen LogP contribution is -2.50. The van der Waals surface area contributed by atoms with Crippen LogP contribution >= 0.6 is 0 Å².